The molecule has 1 fully saturated rings. The number of nitrogens with one attached hydrogen (secondary N) is 1. The van der Waals surface area contributed by atoms with Crippen LogP contribution in [-0.2, 0) is 14.8 Å². The molecule has 0 bridgehead atoms. The highest BCUT2D eigenvalue weighted by Gasteiger charge is 2.13. The fraction of sp³-hybridized carbons (Fsp3) is 0.909. The van der Waals surface area contributed by atoms with Crippen LogP contribution in [0.4, 0.5) is 0 Å². The summed E-state index contributed by atoms with van der Waals surface area (Å²) >= 11 is 0. The van der Waals surface area contributed by atoms with E-state index < -0.39 is 16.0 Å². The second kappa shape index (κ2) is 7.70. The first kappa shape index (κ1) is 15.4. The lowest BCUT2D eigenvalue weighted by Crippen LogP contribution is -2.38. The topological polar surface area (TPSA) is 86.7 Å². The van der Waals surface area contributed by atoms with Crippen LogP contribution >= 0.6 is 0 Å². The van der Waals surface area contributed by atoms with E-state index in [4.69, 9.17) is 5.11 Å². The standard InChI is InChI=1S/C11H22N2O4S/c14-11(15)5-4-10-18(16,17)12-6-9-13-7-2-1-3-8-13/h12H,1-10H2,(H,14,15). The van der Waals surface area contributed by atoms with Crippen LogP contribution in [0.2, 0.25) is 0 Å². The Kier molecular flexibility index (Phi) is 6.59. The predicted molar refractivity (Wildman–Crippen MR) is 69.0 cm³/mol. The maximum atomic E-state index is 11.5. The van der Waals surface area contributed by atoms with Gasteiger partial charge in [-0.05, 0) is 32.4 Å². The van der Waals surface area contributed by atoms with E-state index in [2.05, 4.69) is 9.62 Å². The largest absolute Gasteiger partial charge is 0.481 e. The number of aliphatic carboxylic acids is 1. The Labute approximate surface area is 108 Å². The molecular weight excluding hydrogens is 256 g/mol. The number of likely N-dealkylation sites (tertiary alicyclic amines) is 1. The lowest BCUT2D eigenvalue weighted by molar-refractivity contribution is -0.137. The summed E-state index contributed by atoms with van der Waals surface area (Å²) in [5.41, 5.74) is 0. The zero-order valence-electron chi connectivity index (χ0n) is 10.6. The van der Waals surface area contributed by atoms with E-state index in [-0.39, 0.29) is 18.6 Å². The minimum Gasteiger partial charge on any atom is -0.481 e. The highest BCUT2D eigenvalue weighted by Crippen LogP contribution is 2.07. The van der Waals surface area contributed by atoms with E-state index in [1.165, 1.54) is 19.3 Å². The second-order valence-electron chi connectivity index (χ2n) is 4.61. The van der Waals surface area contributed by atoms with E-state index in [0.29, 0.717) is 6.54 Å². The molecule has 1 saturated heterocycles. The first-order valence-corrected chi connectivity index (χ1v) is 8.06. The molecular formula is C11H22N2O4S. The average Bonchev–Trinajstić information content (AvgIpc) is 2.29. The lowest BCUT2D eigenvalue weighted by Gasteiger charge is -2.26. The number of carboxylic acid groups (broad SMARTS) is 1. The number of hydrogen-bond acceptors (Lipinski definition) is 4. The van der Waals surface area contributed by atoms with Gasteiger partial charge in [0.2, 0.25) is 10.0 Å². The van der Waals surface area contributed by atoms with Crippen LogP contribution in [0.15, 0.2) is 0 Å². The molecule has 0 saturated carbocycles. The van der Waals surface area contributed by atoms with Crippen molar-refractivity contribution in [3.8, 4) is 0 Å². The van der Waals surface area contributed by atoms with E-state index in [1.54, 1.807) is 0 Å². The zero-order valence-corrected chi connectivity index (χ0v) is 11.4. The average molecular weight is 278 g/mol. The van der Waals surface area contributed by atoms with Crippen molar-refractivity contribution < 1.29 is 18.3 Å². The Hall–Kier alpha value is -0.660. The zero-order chi connectivity index (χ0) is 13.4. The molecule has 0 radical (unpaired) electrons. The lowest BCUT2D eigenvalue weighted by atomic mass is 10.1. The fourth-order valence-electron chi connectivity index (χ4n) is 2.03. The molecule has 0 aromatic carbocycles. The molecule has 2 N–H and O–H groups in total. The molecule has 0 aromatic rings. The molecule has 1 rings (SSSR count). The molecule has 18 heavy (non-hydrogen) atoms. The van der Waals surface area contributed by atoms with Crippen LogP contribution < -0.4 is 4.72 Å². The second-order valence-corrected chi connectivity index (χ2v) is 6.54. The monoisotopic (exact) mass is 278 g/mol. The Morgan fingerprint density at radius 3 is 2.50 bits per heavy atom. The van der Waals surface area contributed by atoms with Gasteiger partial charge in [-0.1, -0.05) is 6.42 Å². The van der Waals surface area contributed by atoms with Gasteiger partial charge in [0.25, 0.3) is 0 Å². The molecule has 106 valence electrons. The smallest absolute Gasteiger partial charge is 0.303 e. The van der Waals surface area contributed by atoms with Crippen LogP contribution in [0, 0.1) is 0 Å². The van der Waals surface area contributed by atoms with Gasteiger partial charge < -0.3 is 10.0 Å². The third kappa shape index (κ3) is 6.93. The maximum absolute atomic E-state index is 11.5. The van der Waals surface area contributed by atoms with Crippen molar-refractivity contribution in [3.05, 3.63) is 0 Å². The van der Waals surface area contributed by atoms with Crippen LogP contribution in [0.5, 0.6) is 0 Å². The Bertz CT molecular complexity index is 350. The SMILES string of the molecule is O=C(O)CCCS(=O)(=O)NCCN1CCCCC1. The summed E-state index contributed by atoms with van der Waals surface area (Å²) in [6, 6.07) is 0. The van der Waals surface area contributed by atoms with Crippen LogP contribution in [0.25, 0.3) is 0 Å². The van der Waals surface area contributed by atoms with E-state index >= 15 is 0 Å². The Morgan fingerprint density at radius 2 is 1.89 bits per heavy atom. The van der Waals surface area contributed by atoms with Crippen molar-refractivity contribution in [2.24, 2.45) is 0 Å². The fourth-order valence-corrected chi connectivity index (χ4v) is 3.10. The van der Waals surface area contributed by atoms with Crippen LogP contribution in [0.1, 0.15) is 32.1 Å². The van der Waals surface area contributed by atoms with Gasteiger partial charge in [-0.25, -0.2) is 13.1 Å². The van der Waals surface area contributed by atoms with E-state index in [1.807, 2.05) is 0 Å². The number of sulfonamides is 1. The molecule has 6 nitrogen and oxygen atoms in total. The van der Waals surface area contributed by atoms with Gasteiger partial charge in [0.05, 0.1) is 5.75 Å². The molecule has 1 heterocycles. The molecule has 0 unspecified atom stereocenters. The summed E-state index contributed by atoms with van der Waals surface area (Å²) in [4.78, 5) is 12.5. The first-order valence-electron chi connectivity index (χ1n) is 6.41. The highest BCUT2D eigenvalue weighted by molar-refractivity contribution is 7.89. The predicted octanol–water partition coefficient (Wildman–Crippen LogP) is 0.257. The molecule has 0 amide bonds. The Morgan fingerprint density at radius 1 is 1.22 bits per heavy atom. The van der Waals surface area contributed by atoms with Gasteiger partial charge >= 0.3 is 5.97 Å². The summed E-state index contributed by atoms with van der Waals surface area (Å²) in [6.45, 7) is 3.23. The number of rotatable bonds is 8. The number of nitrogens with zero attached hydrogens (tertiary/aromatic N) is 1. The molecule has 0 aromatic heterocycles. The van der Waals surface area contributed by atoms with E-state index in [9.17, 15) is 13.2 Å². The molecule has 7 heteroatoms. The molecule has 0 aliphatic carbocycles. The third-order valence-electron chi connectivity index (χ3n) is 3.00. The van der Waals surface area contributed by atoms with Gasteiger partial charge in [-0.15, -0.1) is 0 Å². The van der Waals surface area contributed by atoms with Crippen molar-refractivity contribution in [3.63, 3.8) is 0 Å². The first-order chi connectivity index (χ1) is 8.49. The summed E-state index contributed by atoms with van der Waals surface area (Å²) in [5, 5.41) is 8.43. The molecule has 1 aliphatic heterocycles. The van der Waals surface area contributed by atoms with Crippen molar-refractivity contribution >= 4 is 16.0 Å². The number of hydrogen-bond donors (Lipinski definition) is 2. The van der Waals surface area contributed by atoms with Gasteiger partial charge in [-0.2, -0.15) is 0 Å². The van der Waals surface area contributed by atoms with Crippen LogP contribution in [-0.4, -0.2) is 56.3 Å². The number of carbonyl (C=O) groups is 1. The summed E-state index contributed by atoms with van der Waals surface area (Å²) in [5.74, 6) is -1.07. The van der Waals surface area contributed by atoms with Gasteiger partial charge in [0.1, 0.15) is 0 Å². The van der Waals surface area contributed by atoms with Crippen molar-refractivity contribution in [2.45, 2.75) is 32.1 Å². The normalized spacial score (nSPS) is 17.8. The minimum atomic E-state index is -3.32. The quantitative estimate of drug-likeness (QED) is 0.665. The summed E-state index contributed by atoms with van der Waals surface area (Å²) in [6.07, 6.45) is 3.69. The van der Waals surface area contributed by atoms with Crippen molar-refractivity contribution in [2.75, 3.05) is 31.9 Å². The Balaban J connectivity index is 2.14. The van der Waals surface area contributed by atoms with Gasteiger partial charge in [0.15, 0.2) is 0 Å². The summed E-state index contributed by atoms with van der Waals surface area (Å²) in [7, 11) is -3.32. The highest BCUT2D eigenvalue weighted by atomic mass is 32.2. The van der Waals surface area contributed by atoms with Crippen molar-refractivity contribution in [1.82, 2.24) is 9.62 Å². The maximum Gasteiger partial charge on any atom is 0.303 e. The van der Waals surface area contributed by atoms with Crippen molar-refractivity contribution in [1.29, 1.82) is 0 Å². The minimum absolute atomic E-state index is 0.104. The van der Waals surface area contributed by atoms with Gasteiger partial charge in [-0.3, -0.25) is 4.79 Å². The summed E-state index contributed by atoms with van der Waals surface area (Å²) < 4.78 is 25.6. The molecule has 1 aliphatic rings. The van der Waals surface area contributed by atoms with Crippen LogP contribution in [0.3, 0.4) is 0 Å². The molecule has 0 spiro atoms. The van der Waals surface area contributed by atoms with Gasteiger partial charge in [0, 0.05) is 19.5 Å². The number of piperidine rings is 1. The van der Waals surface area contributed by atoms with E-state index in [0.717, 1.165) is 19.6 Å². The molecule has 0 atom stereocenters. The number of carboxylic acids is 1. The third-order valence-corrected chi connectivity index (χ3v) is 4.47.